The number of nitrogens with zero attached hydrogens (tertiary/aromatic N) is 1. The van der Waals surface area contributed by atoms with Gasteiger partial charge in [0.25, 0.3) is 0 Å². The van der Waals surface area contributed by atoms with E-state index in [1.54, 1.807) is 0 Å². The summed E-state index contributed by atoms with van der Waals surface area (Å²) in [5.41, 5.74) is 6.02. The number of hydrogen-bond acceptors (Lipinski definition) is 6. The summed E-state index contributed by atoms with van der Waals surface area (Å²) in [6, 6.07) is 5.87. The Labute approximate surface area is 139 Å². The van der Waals surface area contributed by atoms with Gasteiger partial charge in [-0.15, -0.1) is 11.3 Å². The van der Waals surface area contributed by atoms with Crippen molar-refractivity contribution < 1.29 is 18.8 Å². The van der Waals surface area contributed by atoms with Gasteiger partial charge in [-0.3, -0.25) is 0 Å². The van der Waals surface area contributed by atoms with E-state index >= 15 is 0 Å². The van der Waals surface area contributed by atoms with Crippen LogP contribution in [0.1, 0.15) is 32.7 Å². The zero-order chi connectivity index (χ0) is 16.8. The van der Waals surface area contributed by atoms with Crippen LogP contribution in [0.25, 0.3) is 10.2 Å². The van der Waals surface area contributed by atoms with Crippen molar-refractivity contribution in [1.29, 1.82) is 0 Å². The van der Waals surface area contributed by atoms with Crippen LogP contribution in [-0.4, -0.2) is 29.4 Å². The van der Waals surface area contributed by atoms with Crippen molar-refractivity contribution >= 4 is 40.2 Å². The van der Waals surface area contributed by atoms with E-state index in [9.17, 15) is 4.79 Å². The van der Waals surface area contributed by atoms with Crippen molar-refractivity contribution in [1.82, 2.24) is 4.98 Å². The molecule has 1 aromatic carbocycles. The lowest BCUT2D eigenvalue weighted by Crippen LogP contribution is -2.41. The highest BCUT2D eigenvalue weighted by atomic mass is 32.1. The van der Waals surface area contributed by atoms with Gasteiger partial charge in [0, 0.05) is 0 Å². The third-order valence-corrected chi connectivity index (χ3v) is 5.31. The number of aromatic nitrogens is 1. The Morgan fingerprint density at radius 1 is 1.30 bits per heavy atom. The average Bonchev–Trinajstić information content (AvgIpc) is 2.94. The van der Waals surface area contributed by atoms with Crippen molar-refractivity contribution in [3.8, 4) is 0 Å². The fourth-order valence-electron chi connectivity index (χ4n) is 2.31. The maximum Gasteiger partial charge on any atom is 0.494 e. The number of fused-ring (bicyclic) bond motifs is 1. The Morgan fingerprint density at radius 3 is 2.57 bits per heavy atom. The summed E-state index contributed by atoms with van der Waals surface area (Å²) in [5.74, 6) is 0. The van der Waals surface area contributed by atoms with E-state index in [4.69, 9.17) is 19.8 Å². The van der Waals surface area contributed by atoms with Gasteiger partial charge >= 0.3 is 13.2 Å². The molecule has 0 unspecified atom stereocenters. The van der Waals surface area contributed by atoms with Gasteiger partial charge in [-0.2, -0.15) is 0 Å². The molecule has 2 N–H and O–H groups in total. The fraction of sp³-hybridized carbons (Fsp3) is 0.467. The number of thiazole rings is 1. The molecule has 2 heterocycles. The first-order valence-corrected chi connectivity index (χ1v) is 8.17. The summed E-state index contributed by atoms with van der Waals surface area (Å²) < 4.78 is 17.9. The van der Waals surface area contributed by atoms with Gasteiger partial charge in [-0.25, -0.2) is 9.78 Å². The second-order valence-corrected chi connectivity index (χ2v) is 7.65. The van der Waals surface area contributed by atoms with Crippen LogP contribution in [0.15, 0.2) is 18.2 Å². The number of carbonyl (C=O) groups is 1. The lowest BCUT2D eigenvalue weighted by Gasteiger charge is -2.32. The van der Waals surface area contributed by atoms with Crippen LogP contribution in [0, 0.1) is 0 Å². The highest BCUT2D eigenvalue weighted by Crippen LogP contribution is 2.36. The zero-order valence-corrected chi connectivity index (χ0v) is 14.4. The quantitative estimate of drug-likeness (QED) is 0.870. The molecule has 1 fully saturated rings. The minimum Gasteiger partial charge on any atom is -0.442 e. The van der Waals surface area contributed by atoms with Gasteiger partial charge in [-0.05, 0) is 45.3 Å². The first-order valence-electron chi connectivity index (χ1n) is 7.35. The Kier molecular flexibility index (Phi) is 3.86. The molecule has 6 nitrogen and oxygen atoms in total. The van der Waals surface area contributed by atoms with Crippen molar-refractivity contribution in [2.45, 2.75) is 45.5 Å². The van der Waals surface area contributed by atoms with Crippen LogP contribution >= 0.6 is 11.3 Å². The van der Waals surface area contributed by atoms with Gasteiger partial charge in [-0.1, -0.05) is 6.07 Å². The smallest absolute Gasteiger partial charge is 0.442 e. The third kappa shape index (κ3) is 3.06. The number of carbonyl (C=O) groups excluding carboxylic acids is 1. The zero-order valence-electron chi connectivity index (χ0n) is 13.6. The maximum absolute atomic E-state index is 10.7. The number of nitrogens with two attached hydrogens (primary N) is 1. The second-order valence-electron chi connectivity index (χ2n) is 6.53. The first-order chi connectivity index (χ1) is 10.7. The molecule has 0 bridgehead atoms. The predicted octanol–water partition coefficient (Wildman–Crippen LogP) is 2.19. The monoisotopic (exact) mass is 334 g/mol. The second kappa shape index (κ2) is 5.47. The van der Waals surface area contributed by atoms with Crippen molar-refractivity contribution in [2.24, 2.45) is 5.73 Å². The number of primary amides is 1. The Bertz CT molecular complexity index is 743. The molecule has 0 atom stereocenters. The third-order valence-electron chi connectivity index (χ3n) is 4.32. The topological polar surface area (TPSA) is 83.7 Å². The fourth-order valence-corrected chi connectivity index (χ4v) is 3.24. The number of benzene rings is 1. The van der Waals surface area contributed by atoms with Crippen LogP contribution in [0.4, 0.5) is 4.79 Å². The van der Waals surface area contributed by atoms with E-state index in [0.29, 0.717) is 5.01 Å². The molecule has 0 aliphatic carbocycles. The number of amides is 1. The van der Waals surface area contributed by atoms with E-state index < -0.39 is 13.2 Å². The summed E-state index contributed by atoms with van der Waals surface area (Å²) in [5, 5.41) is 0.699. The normalized spacial score (nSPS) is 19.2. The Hall–Kier alpha value is -1.64. The molecule has 1 aliphatic rings. The van der Waals surface area contributed by atoms with E-state index in [2.05, 4.69) is 4.98 Å². The molecule has 23 heavy (non-hydrogen) atoms. The van der Waals surface area contributed by atoms with Crippen molar-refractivity contribution in [3.63, 3.8) is 0 Å². The summed E-state index contributed by atoms with van der Waals surface area (Å²) in [6.45, 7) is 8.19. The van der Waals surface area contributed by atoms with Gasteiger partial charge in [0.2, 0.25) is 0 Å². The summed E-state index contributed by atoms with van der Waals surface area (Å²) in [7, 11) is -0.406. The van der Waals surface area contributed by atoms with Crippen molar-refractivity contribution in [3.05, 3.63) is 23.2 Å². The molecule has 1 aromatic heterocycles. The molecule has 0 radical (unpaired) electrons. The molecule has 1 saturated heterocycles. The van der Waals surface area contributed by atoms with Crippen LogP contribution < -0.4 is 11.2 Å². The minimum absolute atomic E-state index is 0.0838. The standard InChI is InChI=1S/C15H19BN2O4S/c1-14(2)15(3,4)22-16(21-14)9-5-6-10-11(7-9)23-12(18-10)8-20-13(17)19/h5-7H,8H2,1-4H3,(H2,17,19). The summed E-state index contributed by atoms with van der Waals surface area (Å²) in [6.07, 6.45) is -0.804. The highest BCUT2D eigenvalue weighted by Gasteiger charge is 2.51. The number of rotatable bonds is 3. The summed E-state index contributed by atoms with van der Waals surface area (Å²) >= 11 is 1.46. The van der Waals surface area contributed by atoms with Crippen LogP contribution in [0.5, 0.6) is 0 Å². The number of hydrogen-bond donors (Lipinski definition) is 1. The van der Waals surface area contributed by atoms with Gasteiger partial charge in [0.05, 0.1) is 21.4 Å². The van der Waals surface area contributed by atoms with Gasteiger partial charge in [0.15, 0.2) is 0 Å². The Morgan fingerprint density at radius 2 is 1.96 bits per heavy atom. The summed E-state index contributed by atoms with van der Waals surface area (Å²) in [4.78, 5) is 15.1. The maximum atomic E-state index is 10.7. The molecule has 0 spiro atoms. The van der Waals surface area contributed by atoms with E-state index in [1.165, 1.54) is 11.3 Å². The molecular formula is C15H19BN2O4S. The average molecular weight is 334 g/mol. The van der Waals surface area contributed by atoms with E-state index in [1.807, 2.05) is 45.9 Å². The molecular weight excluding hydrogens is 315 g/mol. The highest BCUT2D eigenvalue weighted by molar-refractivity contribution is 7.18. The first kappa shape index (κ1) is 16.2. The predicted molar refractivity (Wildman–Crippen MR) is 89.7 cm³/mol. The van der Waals surface area contributed by atoms with Gasteiger partial charge < -0.3 is 19.8 Å². The minimum atomic E-state index is -0.804. The van der Waals surface area contributed by atoms with Crippen molar-refractivity contribution in [2.75, 3.05) is 0 Å². The Balaban J connectivity index is 1.85. The molecule has 122 valence electrons. The van der Waals surface area contributed by atoms with E-state index in [-0.39, 0.29) is 17.8 Å². The van der Waals surface area contributed by atoms with Crippen LogP contribution in [0.2, 0.25) is 0 Å². The van der Waals surface area contributed by atoms with Crippen LogP contribution in [-0.2, 0) is 20.7 Å². The van der Waals surface area contributed by atoms with Crippen LogP contribution in [0.3, 0.4) is 0 Å². The van der Waals surface area contributed by atoms with E-state index in [0.717, 1.165) is 15.7 Å². The molecule has 0 saturated carbocycles. The SMILES string of the molecule is CC1(C)OB(c2ccc3nc(COC(N)=O)sc3c2)OC1(C)C. The molecule has 3 rings (SSSR count). The van der Waals surface area contributed by atoms with Gasteiger partial charge in [0.1, 0.15) is 11.6 Å². The molecule has 1 amide bonds. The lowest BCUT2D eigenvalue weighted by molar-refractivity contribution is 0.00578. The molecule has 1 aliphatic heterocycles. The molecule has 8 heteroatoms. The molecule has 2 aromatic rings. The number of ether oxygens (including phenoxy) is 1. The largest absolute Gasteiger partial charge is 0.494 e. The lowest BCUT2D eigenvalue weighted by atomic mass is 9.79.